The number of amides is 1. The molecule has 2 heterocycles. The zero-order valence-corrected chi connectivity index (χ0v) is 14.6. The van der Waals surface area contributed by atoms with Crippen molar-refractivity contribution in [1.82, 2.24) is 14.3 Å². The van der Waals surface area contributed by atoms with Crippen LogP contribution in [0, 0.1) is 0 Å². The van der Waals surface area contributed by atoms with Crippen LogP contribution in [0.3, 0.4) is 0 Å². The van der Waals surface area contributed by atoms with Gasteiger partial charge in [-0.15, -0.1) is 0 Å². The van der Waals surface area contributed by atoms with Crippen molar-refractivity contribution in [2.24, 2.45) is 12.2 Å². The van der Waals surface area contributed by atoms with Crippen LogP contribution in [0.5, 0.6) is 0 Å². The lowest BCUT2D eigenvalue weighted by Gasteiger charge is -2.07. The van der Waals surface area contributed by atoms with Crippen LogP contribution in [0.15, 0.2) is 54.1 Å². The van der Waals surface area contributed by atoms with Crippen LogP contribution < -0.4 is 5.32 Å². The summed E-state index contributed by atoms with van der Waals surface area (Å²) in [5, 5.41) is 11.1. The number of oxime groups is 1. The van der Waals surface area contributed by atoms with E-state index >= 15 is 0 Å². The molecule has 9 heteroatoms. The molecule has 0 atom stereocenters. The molecule has 2 aromatic heterocycles. The van der Waals surface area contributed by atoms with Crippen LogP contribution in [0.4, 0.5) is 10.5 Å². The number of carbonyl (C=O) groups is 1. The first kappa shape index (κ1) is 17.1. The summed E-state index contributed by atoms with van der Waals surface area (Å²) in [5.74, 6) is 0.681. The van der Waals surface area contributed by atoms with Crippen LogP contribution in [0.2, 0.25) is 10.0 Å². The molecule has 3 rings (SSSR count). The normalized spacial score (nSPS) is 11.0. The maximum Gasteiger partial charge on any atom is 0.437 e. The molecule has 128 valence electrons. The van der Waals surface area contributed by atoms with E-state index in [0.29, 0.717) is 27.1 Å². The zero-order chi connectivity index (χ0) is 17.8. The highest BCUT2D eigenvalue weighted by Crippen LogP contribution is 2.22. The number of hydrogen-bond acceptors (Lipinski definition) is 4. The van der Waals surface area contributed by atoms with Gasteiger partial charge in [-0.1, -0.05) is 34.4 Å². The van der Waals surface area contributed by atoms with E-state index in [9.17, 15) is 4.79 Å². The van der Waals surface area contributed by atoms with Crippen molar-refractivity contribution in [3.8, 4) is 5.82 Å². The SMILES string of the molecule is Cn1ncc(NC(=O)ON=Cc2c(Cl)cccc2Cl)c1-n1cccc1. The number of hydrogen-bond donors (Lipinski definition) is 1. The first-order valence-corrected chi connectivity index (χ1v) is 7.92. The largest absolute Gasteiger partial charge is 0.437 e. The van der Waals surface area contributed by atoms with E-state index in [4.69, 9.17) is 28.0 Å². The van der Waals surface area contributed by atoms with E-state index in [0.717, 1.165) is 0 Å². The lowest BCUT2D eigenvalue weighted by Crippen LogP contribution is -2.13. The lowest BCUT2D eigenvalue weighted by molar-refractivity contribution is 0.167. The second-order valence-electron chi connectivity index (χ2n) is 4.97. The minimum atomic E-state index is -0.763. The highest BCUT2D eigenvalue weighted by atomic mass is 35.5. The standard InChI is InChI=1S/C16H13Cl2N5O2/c1-22-15(23-7-2-3-8-23)14(10-19-22)21-16(24)25-20-9-11-12(17)5-4-6-13(11)18/h2-10H,1H3,(H,21,24). The van der Waals surface area contributed by atoms with Crippen LogP contribution >= 0.6 is 23.2 Å². The van der Waals surface area contributed by atoms with Crippen molar-refractivity contribution in [2.75, 3.05) is 5.32 Å². The Labute approximate surface area is 153 Å². The zero-order valence-electron chi connectivity index (χ0n) is 13.1. The number of anilines is 1. The molecular formula is C16H13Cl2N5O2. The maximum atomic E-state index is 11.9. The molecule has 0 bridgehead atoms. The minimum absolute atomic E-state index is 0.405. The van der Waals surface area contributed by atoms with Gasteiger partial charge < -0.3 is 4.57 Å². The predicted octanol–water partition coefficient (Wildman–Crippen LogP) is 4.10. The second kappa shape index (κ2) is 7.42. The fraction of sp³-hybridized carbons (Fsp3) is 0.0625. The Balaban J connectivity index is 1.69. The molecule has 7 nitrogen and oxygen atoms in total. The molecular weight excluding hydrogens is 365 g/mol. The Morgan fingerprint density at radius 1 is 1.24 bits per heavy atom. The highest BCUT2D eigenvalue weighted by Gasteiger charge is 2.13. The molecule has 0 saturated carbocycles. The Kier molecular flexibility index (Phi) is 5.06. The molecule has 1 N–H and O–H groups in total. The number of benzene rings is 1. The summed E-state index contributed by atoms with van der Waals surface area (Å²) in [6, 6.07) is 8.77. The smallest absolute Gasteiger partial charge is 0.307 e. The summed E-state index contributed by atoms with van der Waals surface area (Å²) in [4.78, 5) is 16.7. The highest BCUT2D eigenvalue weighted by molar-refractivity contribution is 6.38. The number of carbonyl (C=O) groups excluding carboxylic acids is 1. The van der Waals surface area contributed by atoms with Crippen molar-refractivity contribution in [3.05, 3.63) is 64.5 Å². The van der Waals surface area contributed by atoms with E-state index in [1.54, 1.807) is 29.9 Å². The van der Waals surface area contributed by atoms with Gasteiger partial charge in [-0.25, -0.2) is 4.79 Å². The Hall–Kier alpha value is -2.77. The van der Waals surface area contributed by atoms with Gasteiger partial charge in [0, 0.05) is 25.0 Å². The first-order chi connectivity index (χ1) is 12.1. The van der Waals surface area contributed by atoms with Gasteiger partial charge in [0.05, 0.1) is 22.5 Å². The molecule has 1 amide bonds. The van der Waals surface area contributed by atoms with Crippen molar-refractivity contribution >= 4 is 41.2 Å². The number of aromatic nitrogens is 3. The third-order valence-electron chi connectivity index (χ3n) is 3.31. The third kappa shape index (κ3) is 3.84. The van der Waals surface area contributed by atoms with E-state index in [1.807, 2.05) is 29.1 Å². The molecule has 0 aliphatic carbocycles. The van der Waals surface area contributed by atoms with Crippen molar-refractivity contribution in [2.45, 2.75) is 0 Å². The average Bonchev–Trinajstić information content (AvgIpc) is 3.20. The van der Waals surface area contributed by atoms with E-state index in [2.05, 4.69) is 15.6 Å². The quantitative estimate of drug-likeness (QED) is 0.422. The van der Waals surface area contributed by atoms with Crippen molar-refractivity contribution in [3.63, 3.8) is 0 Å². The summed E-state index contributed by atoms with van der Waals surface area (Å²) in [7, 11) is 1.77. The van der Waals surface area contributed by atoms with Gasteiger partial charge in [0.1, 0.15) is 5.69 Å². The van der Waals surface area contributed by atoms with E-state index < -0.39 is 6.09 Å². The van der Waals surface area contributed by atoms with Gasteiger partial charge in [0.15, 0.2) is 5.82 Å². The topological polar surface area (TPSA) is 73.4 Å². The molecule has 1 aromatic carbocycles. The van der Waals surface area contributed by atoms with Gasteiger partial charge in [-0.3, -0.25) is 14.8 Å². The van der Waals surface area contributed by atoms with Gasteiger partial charge in [0.25, 0.3) is 0 Å². The predicted molar refractivity (Wildman–Crippen MR) is 96.7 cm³/mol. The molecule has 0 fully saturated rings. The van der Waals surface area contributed by atoms with Gasteiger partial charge >= 0.3 is 6.09 Å². The number of halogens is 2. The average molecular weight is 378 g/mol. The van der Waals surface area contributed by atoms with E-state index in [1.165, 1.54) is 12.4 Å². The molecule has 0 aliphatic heterocycles. The molecule has 0 saturated heterocycles. The summed E-state index contributed by atoms with van der Waals surface area (Å²) in [6.45, 7) is 0. The Morgan fingerprint density at radius 3 is 2.60 bits per heavy atom. The van der Waals surface area contributed by atoms with Crippen molar-refractivity contribution < 1.29 is 9.63 Å². The Bertz CT molecular complexity index is 899. The van der Waals surface area contributed by atoms with Gasteiger partial charge in [-0.05, 0) is 24.3 Å². The van der Waals surface area contributed by atoms with Crippen LogP contribution in [0.1, 0.15) is 5.56 Å². The maximum absolute atomic E-state index is 11.9. The molecule has 0 unspecified atom stereocenters. The van der Waals surface area contributed by atoms with Gasteiger partial charge in [-0.2, -0.15) is 5.10 Å². The van der Waals surface area contributed by atoms with Crippen LogP contribution in [-0.4, -0.2) is 26.7 Å². The minimum Gasteiger partial charge on any atom is -0.307 e. The fourth-order valence-electron chi connectivity index (χ4n) is 2.19. The number of rotatable bonds is 4. The Morgan fingerprint density at radius 2 is 1.92 bits per heavy atom. The molecule has 0 aliphatic rings. The monoisotopic (exact) mass is 377 g/mol. The summed E-state index contributed by atoms with van der Waals surface area (Å²) >= 11 is 12.0. The van der Waals surface area contributed by atoms with Crippen LogP contribution in [0.25, 0.3) is 5.82 Å². The lowest BCUT2D eigenvalue weighted by atomic mass is 10.2. The fourth-order valence-corrected chi connectivity index (χ4v) is 2.69. The summed E-state index contributed by atoms with van der Waals surface area (Å²) < 4.78 is 3.44. The molecule has 3 aromatic rings. The van der Waals surface area contributed by atoms with Gasteiger partial charge in [0.2, 0.25) is 0 Å². The summed E-state index contributed by atoms with van der Waals surface area (Å²) in [5.41, 5.74) is 0.947. The van der Waals surface area contributed by atoms with Crippen molar-refractivity contribution in [1.29, 1.82) is 0 Å². The second-order valence-corrected chi connectivity index (χ2v) is 5.78. The number of nitrogens with one attached hydrogen (secondary N) is 1. The third-order valence-corrected chi connectivity index (χ3v) is 3.97. The number of nitrogens with zero attached hydrogens (tertiary/aromatic N) is 4. The summed E-state index contributed by atoms with van der Waals surface area (Å²) in [6.07, 6.45) is 5.71. The van der Waals surface area contributed by atoms with Crippen LogP contribution in [-0.2, 0) is 11.9 Å². The number of aryl methyl sites for hydroxylation is 1. The first-order valence-electron chi connectivity index (χ1n) is 7.17. The molecule has 0 radical (unpaired) electrons. The van der Waals surface area contributed by atoms with E-state index in [-0.39, 0.29) is 0 Å². The molecule has 0 spiro atoms. The molecule has 25 heavy (non-hydrogen) atoms.